The molecule has 0 aliphatic heterocycles. The van der Waals surface area contributed by atoms with E-state index in [-0.39, 0.29) is 5.91 Å². The van der Waals surface area contributed by atoms with Gasteiger partial charge in [0.25, 0.3) is 11.8 Å². The fraction of sp³-hybridized carbons (Fsp3) is 0.125. The second kappa shape index (κ2) is 9.57. The van der Waals surface area contributed by atoms with Crippen molar-refractivity contribution in [2.75, 3.05) is 0 Å². The average Bonchev–Trinajstić information content (AvgIpc) is 3.42. The van der Waals surface area contributed by atoms with Crippen LogP contribution in [-0.2, 0) is 13.1 Å². The van der Waals surface area contributed by atoms with E-state index in [0.29, 0.717) is 34.8 Å². The number of hydrogen-bond acceptors (Lipinski definition) is 4. The van der Waals surface area contributed by atoms with Gasteiger partial charge in [0.2, 0.25) is 0 Å². The Bertz CT molecular complexity index is 1290. The van der Waals surface area contributed by atoms with Crippen LogP contribution in [0.1, 0.15) is 36.9 Å². The number of carbonyl (C=O) groups is 2. The van der Waals surface area contributed by atoms with Crippen molar-refractivity contribution in [1.29, 1.82) is 0 Å². The molecule has 0 saturated heterocycles. The monoisotopic (exact) mass is 449 g/mol. The molecule has 32 heavy (non-hydrogen) atoms. The molecule has 0 aliphatic rings. The summed E-state index contributed by atoms with van der Waals surface area (Å²) in [4.78, 5) is 30.5. The van der Waals surface area contributed by atoms with E-state index in [9.17, 15) is 14.0 Å². The first kappa shape index (κ1) is 21.5. The predicted molar refractivity (Wildman–Crippen MR) is 119 cm³/mol. The molecule has 2 heterocycles. The molecule has 1 N–H and O–H groups in total. The van der Waals surface area contributed by atoms with Gasteiger partial charge in [-0.2, -0.15) is 4.99 Å². The highest BCUT2D eigenvalue weighted by Crippen LogP contribution is 2.10. The van der Waals surface area contributed by atoms with Gasteiger partial charge < -0.3 is 14.3 Å². The zero-order chi connectivity index (χ0) is 22.5. The molecule has 2 aromatic heterocycles. The first-order valence-electron chi connectivity index (χ1n) is 9.89. The summed E-state index contributed by atoms with van der Waals surface area (Å²) in [6.45, 7) is 2.76. The second-order valence-corrected chi connectivity index (χ2v) is 8.35. The number of aromatic nitrogens is 1. The molecule has 4 aromatic rings. The van der Waals surface area contributed by atoms with Crippen LogP contribution in [0.15, 0.2) is 82.5 Å². The van der Waals surface area contributed by atoms with Gasteiger partial charge in [-0.15, -0.1) is 11.3 Å². The highest BCUT2D eigenvalue weighted by atomic mass is 32.1. The van der Waals surface area contributed by atoms with Crippen molar-refractivity contribution in [3.8, 4) is 0 Å². The zero-order valence-corrected chi connectivity index (χ0v) is 18.1. The molecule has 6 nitrogen and oxygen atoms in total. The van der Waals surface area contributed by atoms with Crippen molar-refractivity contribution < 1.29 is 18.4 Å². The minimum atomic E-state index is -0.427. The summed E-state index contributed by atoms with van der Waals surface area (Å²) in [5.74, 6) is -0.330. The number of aryl methyl sites for hydroxylation is 1. The lowest BCUT2D eigenvalue weighted by molar-refractivity contribution is 0.0946. The van der Waals surface area contributed by atoms with Gasteiger partial charge in [-0.1, -0.05) is 12.1 Å². The Labute approximate surface area is 187 Å². The van der Waals surface area contributed by atoms with E-state index in [1.807, 2.05) is 29.8 Å². The Hall–Kier alpha value is -3.78. The normalized spacial score (nSPS) is 11.5. The van der Waals surface area contributed by atoms with Crippen molar-refractivity contribution in [2.24, 2.45) is 4.99 Å². The van der Waals surface area contributed by atoms with E-state index in [1.54, 1.807) is 30.5 Å². The summed E-state index contributed by atoms with van der Waals surface area (Å²) in [7, 11) is 0. The maximum Gasteiger partial charge on any atom is 0.279 e. The Kier molecular flexibility index (Phi) is 6.42. The molecule has 0 spiro atoms. The van der Waals surface area contributed by atoms with Crippen LogP contribution in [-0.4, -0.2) is 16.4 Å². The van der Waals surface area contributed by atoms with Crippen molar-refractivity contribution in [3.63, 3.8) is 0 Å². The van der Waals surface area contributed by atoms with E-state index in [1.165, 1.54) is 35.6 Å². The number of carbonyl (C=O) groups excluding carboxylic acids is 2. The zero-order valence-electron chi connectivity index (χ0n) is 17.2. The summed E-state index contributed by atoms with van der Waals surface area (Å²) >= 11 is 1.40. The van der Waals surface area contributed by atoms with E-state index in [4.69, 9.17) is 4.42 Å². The quantitative estimate of drug-likeness (QED) is 0.477. The molecule has 0 unspecified atom stereocenters. The summed E-state index contributed by atoms with van der Waals surface area (Å²) in [6.07, 6.45) is 3.49. The van der Waals surface area contributed by atoms with Crippen molar-refractivity contribution in [3.05, 3.63) is 111 Å². The molecule has 0 saturated carbocycles. The minimum absolute atomic E-state index is 0.187. The fourth-order valence-electron chi connectivity index (χ4n) is 3.09. The predicted octanol–water partition coefficient (Wildman–Crippen LogP) is 4.31. The van der Waals surface area contributed by atoms with Crippen LogP contribution < -0.4 is 10.1 Å². The van der Waals surface area contributed by atoms with Crippen molar-refractivity contribution >= 4 is 23.2 Å². The standard InChI is InChI=1S/C24H20FN3O3S/c1-16-14-28(24(32-16)27-23(30)19-8-10-20(25)11-9-19)15-17-4-6-18(7-5-17)22(29)26-13-21-3-2-12-31-21/h2-12,14H,13,15H2,1H3,(H,26,29). The number of furan rings is 1. The number of halogens is 1. The minimum Gasteiger partial charge on any atom is -0.467 e. The largest absolute Gasteiger partial charge is 0.467 e. The molecule has 0 radical (unpaired) electrons. The summed E-state index contributed by atoms with van der Waals surface area (Å²) < 4.78 is 20.2. The summed E-state index contributed by atoms with van der Waals surface area (Å²) in [6, 6.07) is 16.1. The maximum absolute atomic E-state index is 13.1. The molecular formula is C24H20FN3O3S. The van der Waals surface area contributed by atoms with Crippen LogP contribution in [0, 0.1) is 12.7 Å². The number of nitrogens with one attached hydrogen (secondary N) is 1. The summed E-state index contributed by atoms with van der Waals surface area (Å²) in [5, 5.41) is 2.81. The van der Waals surface area contributed by atoms with E-state index < -0.39 is 11.7 Å². The highest BCUT2D eigenvalue weighted by molar-refractivity contribution is 7.09. The molecule has 0 atom stereocenters. The van der Waals surface area contributed by atoms with Crippen LogP contribution in [0.25, 0.3) is 0 Å². The number of nitrogens with zero attached hydrogens (tertiary/aromatic N) is 2. The Morgan fingerprint density at radius 3 is 2.47 bits per heavy atom. The third-order valence-electron chi connectivity index (χ3n) is 4.70. The lowest BCUT2D eigenvalue weighted by Gasteiger charge is -2.06. The molecule has 4 rings (SSSR count). The number of thiazole rings is 1. The van der Waals surface area contributed by atoms with Gasteiger partial charge >= 0.3 is 0 Å². The van der Waals surface area contributed by atoms with Crippen molar-refractivity contribution in [2.45, 2.75) is 20.0 Å². The molecule has 0 bridgehead atoms. The Balaban J connectivity index is 1.47. The van der Waals surface area contributed by atoms with E-state index >= 15 is 0 Å². The highest BCUT2D eigenvalue weighted by Gasteiger charge is 2.09. The number of benzene rings is 2. The topological polar surface area (TPSA) is 76.6 Å². The average molecular weight is 450 g/mol. The fourth-order valence-corrected chi connectivity index (χ4v) is 3.92. The lowest BCUT2D eigenvalue weighted by atomic mass is 10.1. The lowest BCUT2D eigenvalue weighted by Crippen LogP contribution is -2.22. The van der Waals surface area contributed by atoms with Crippen LogP contribution in [0.5, 0.6) is 0 Å². The molecule has 162 valence electrons. The van der Waals surface area contributed by atoms with Crippen LogP contribution in [0.2, 0.25) is 0 Å². The maximum atomic E-state index is 13.1. The van der Waals surface area contributed by atoms with Gasteiger partial charge in [0.05, 0.1) is 12.8 Å². The van der Waals surface area contributed by atoms with Crippen LogP contribution >= 0.6 is 11.3 Å². The van der Waals surface area contributed by atoms with Gasteiger partial charge in [0, 0.05) is 28.7 Å². The third kappa shape index (κ3) is 5.28. The van der Waals surface area contributed by atoms with Gasteiger partial charge in [0.15, 0.2) is 4.80 Å². The molecule has 0 aliphatic carbocycles. The first-order valence-corrected chi connectivity index (χ1v) is 10.7. The SMILES string of the molecule is Cc1cn(Cc2ccc(C(=O)NCc3ccco3)cc2)c(=NC(=O)c2ccc(F)cc2)s1. The molecule has 2 amide bonds. The smallest absolute Gasteiger partial charge is 0.279 e. The number of hydrogen-bond donors (Lipinski definition) is 1. The number of rotatable bonds is 6. The van der Waals surface area contributed by atoms with Crippen LogP contribution in [0.3, 0.4) is 0 Å². The van der Waals surface area contributed by atoms with Gasteiger partial charge in [-0.3, -0.25) is 9.59 Å². The Morgan fingerprint density at radius 1 is 1.06 bits per heavy atom. The van der Waals surface area contributed by atoms with Gasteiger partial charge in [-0.05, 0) is 61.0 Å². The molecular weight excluding hydrogens is 429 g/mol. The van der Waals surface area contributed by atoms with Crippen molar-refractivity contribution in [1.82, 2.24) is 9.88 Å². The second-order valence-electron chi connectivity index (χ2n) is 7.14. The summed E-state index contributed by atoms with van der Waals surface area (Å²) in [5.41, 5.74) is 1.83. The molecule has 8 heteroatoms. The molecule has 0 fully saturated rings. The third-order valence-corrected chi connectivity index (χ3v) is 5.63. The number of amides is 2. The first-order chi connectivity index (χ1) is 15.5. The van der Waals surface area contributed by atoms with Crippen LogP contribution in [0.4, 0.5) is 4.39 Å². The van der Waals surface area contributed by atoms with Gasteiger partial charge in [0.1, 0.15) is 11.6 Å². The van der Waals surface area contributed by atoms with E-state index in [0.717, 1.165) is 10.4 Å². The van der Waals surface area contributed by atoms with Gasteiger partial charge in [-0.25, -0.2) is 4.39 Å². The Morgan fingerprint density at radius 2 is 1.78 bits per heavy atom. The molecule has 2 aromatic carbocycles. The van der Waals surface area contributed by atoms with E-state index in [2.05, 4.69) is 10.3 Å².